The lowest BCUT2D eigenvalue weighted by atomic mass is 10.00. The third kappa shape index (κ3) is 5.00. The lowest BCUT2D eigenvalue weighted by Gasteiger charge is -2.14. The maximum Gasteiger partial charge on any atom is 0.221 e. The normalized spacial score (nSPS) is 14.1. The molecule has 3 nitrogen and oxygen atoms in total. The Labute approximate surface area is 103 Å². The summed E-state index contributed by atoms with van der Waals surface area (Å²) in [6.45, 7) is 6.67. The molecule has 1 amide bonds. The van der Waals surface area contributed by atoms with Gasteiger partial charge in [0.25, 0.3) is 0 Å². The first-order valence-corrected chi connectivity index (χ1v) is 6.08. The van der Waals surface area contributed by atoms with Crippen LogP contribution in [-0.4, -0.2) is 18.5 Å². The summed E-state index contributed by atoms with van der Waals surface area (Å²) in [4.78, 5) is 11.5. The van der Waals surface area contributed by atoms with Crippen LogP contribution in [0.5, 0.6) is 0 Å². The monoisotopic (exact) mass is 234 g/mol. The zero-order valence-electron chi connectivity index (χ0n) is 10.9. The summed E-state index contributed by atoms with van der Waals surface area (Å²) in [6, 6.07) is 8.32. The SMILES string of the molecule is Cc1ccc(C(C)CNC(=O)CC(C)N)cc1. The molecule has 0 saturated heterocycles. The van der Waals surface area contributed by atoms with E-state index in [2.05, 4.69) is 43.4 Å². The van der Waals surface area contributed by atoms with Crippen molar-refractivity contribution in [1.29, 1.82) is 0 Å². The van der Waals surface area contributed by atoms with E-state index in [1.807, 2.05) is 6.92 Å². The van der Waals surface area contributed by atoms with Gasteiger partial charge in [0, 0.05) is 19.0 Å². The summed E-state index contributed by atoms with van der Waals surface area (Å²) in [7, 11) is 0. The van der Waals surface area contributed by atoms with Crippen molar-refractivity contribution in [3.8, 4) is 0 Å². The Bertz CT molecular complexity index is 357. The molecule has 0 bridgehead atoms. The minimum Gasteiger partial charge on any atom is -0.355 e. The molecule has 0 aromatic heterocycles. The van der Waals surface area contributed by atoms with Crippen LogP contribution in [0.15, 0.2) is 24.3 Å². The number of hydrogen-bond acceptors (Lipinski definition) is 2. The van der Waals surface area contributed by atoms with Gasteiger partial charge >= 0.3 is 0 Å². The summed E-state index contributed by atoms with van der Waals surface area (Å²) >= 11 is 0. The highest BCUT2D eigenvalue weighted by atomic mass is 16.1. The molecule has 1 rings (SSSR count). The molecule has 0 radical (unpaired) electrons. The van der Waals surface area contributed by atoms with Gasteiger partial charge in [-0.1, -0.05) is 36.8 Å². The number of amides is 1. The van der Waals surface area contributed by atoms with Gasteiger partial charge in [0.15, 0.2) is 0 Å². The Morgan fingerprint density at radius 1 is 1.29 bits per heavy atom. The summed E-state index contributed by atoms with van der Waals surface area (Å²) in [5.41, 5.74) is 8.07. The van der Waals surface area contributed by atoms with Crippen molar-refractivity contribution in [2.45, 2.75) is 39.2 Å². The van der Waals surface area contributed by atoms with E-state index in [9.17, 15) is 4.79 Å². The number of rotatable bonds is 5. The van der Waals surface area contributed by atoms with E-state index in [0.717, 1.165) is 0 Å². The Morgan fingerprint density at radius 3 is 2.41 bits per heavy atom. The minimum atomic E-state index is -0.0790. The first-order chi connectivity index (χ1) is 7.99. The predicted octanol–water partition coefficient (Wildman–Crippen LogP) is 1.95. The van der Waals surface area contributed by atoms with Gasteiger partial charge in [0.05, 0.1) is 0 Å². The molecule has 1 aromatic rings. The summed E-state index contributed by atoms with van der Waals surface area (Å²) < 4.78 is 0. The lowest BCUT2D eigenvalue weighted by Crippen LogP contribution is -2.32. The van der Waals surface area contributed by atoms with Crippen molar-refractivity contribution < 1.29 is 4.79 Å². The van der Waals surface area contributed by atoms with Crippen LogP contribution < -0.4 is 11.1 Å². The van der Waals surface area contributed by atoms with Crippen molar-refractivity contribution in [3.05, 3.63) is 35.4 Å². The van der Waals surface area contributed by atoms with Crippen molar-refractivity contribution in [3.63, 3.8) is 0 Å². The lowest BCUT2D eigenvalue weighted by molar-refractivity contribution is -0.121. The number of benzene rings is 1. The Morgan fingerprint density at radius 2 is 1.88 bits per heavy atom. The van der Waals surface area contributed by atoms with Crippen molar-refractivity contribution in [2.75, 3.05) is 6.54 Å². The molecule has 17 heavy (non-hydrogen) atoms. The highest BCUT2D eigenvalue weighted by Crippen LogP contribution is 2.14. The van der Waals surface area contributed by atoms with Gasteiger partial charge in [-0.05, 0) is 25.3 Å². The average molecular weight is 234 g/mol. The van der Waals surface area contributed by atoms with Crippen molar-refractivity contribution in [1.82, 2.24) is 5.32 Å². The van der Waals surface area contributed by atoms with E-state index in [1.54, 1.807) is 0 Å². The molecular formula is C14H22N2O. The molecule has 0 aliphatic rings. The zero-order chi connectivity index (χ0) is 12.8. The van der Waals surface area contributed by atoms with E-state index in [-0.39, 0.29) is 11.9 Å². The van der Waals surface area contributed by atoms with E-state index in [4.69, 9.17) is 5.73 Å². The van der Waals surface area contributed by atoms with Gasteiger partial charge in [-0.15, -0.1) is 0 Å². The average Bonchev–Trinajstić information content (AvgIpc) is 2.26. The summed E-state index contributed by atoms with van der Waals surface area (Å²) in [6.07, 6.45) is 0.390. The van der Waals surface area contributed by atoms with E-state index in [1.165, 1.54) is 11.1 Å². The molecule has 2 unspecified atom stereocenters. The second kappa shape index (κ2) is 6.40. The number of nitrogens with one attached hydrogen (secondary N) is 1. The topological polar surface area (TPSA) is 55.1 Å². The first kappa shape index (κ1) is 13.7. The zero-order valence-corrected chi connectivity index (χ0v) is 10.9. The molecule has 0 aliphatic carbocycles. The number of nitrogens with two attached hydrogens (primary N) is 1. The van der Waals surface area contributed by atoms with Crippen molar-refractivity contribution in [2.24, 2.45) is 5.73 Å². The Hall–Kier alpha value is -1.35. The molecule has 1 aromatic carbocycles. The highest BCUT2D eigenvalue weighted by molar-refractivity contribution is 5.76. The standard InChI is InChI=1S/C14H22N2O/c1-10-4-6-13(7-5-10)11(2)9-16-14(17)8-12(3)15/h4-7,11-12H,8-9,15H2,1-3H3,(H,16,17). The third-order valence-corrected chi connectivity index (χ3v) is 2.76. The Kier molecular flexibility index (Phi) is 5.16. The van der Waals surface area contributed by atoms with Crippen LogP contribution in [0.3, 0.4) is 0 Å². The third-order valence-electron chi connectivity index (χ3n) is 2.76. The second-order valence-corrected chi connectivity index (χ2v) is 4.80. The van der Waals surface area contributed by atoms with Gasteiger partial charge in [0.1, 0.15) is 0 Å². The largest absolute Gasteiger partial charge is 0.355 e. The highest BCUT2D eigenvalue weighted by Gasteiger charge is 2.08. The molecule has 0 saturated carbocycles. The molecule has 3 heteroatoms. The predicted molar refractivity (Wildman–Crippen MR) is 70.9 cm³/mol. The molecule has 94 valence electrons. The molecule has 0 heterocycles. The number of aryl methyl sites for hydroxylation is 1. The summed E-state index contributed by atoms with van der Waals surface area (Å²) in [5, 5.41) is 2.91. The van der Waals surface area contributed by atoms with Gasteiger partial charge < -0.3 is 11.1 Å². The van der Waals surface area contributed by atoms with Crippen LogP contribution in [0.4, 0.5) is 0 Å². The van der Waals surface area contributed by atoms with Crippen LogP contribution in [0.2, 0.25) is 0 Å². The maximum absolute atomic E-state index is 11.5. The quantitative estimate of drug-likeness (QED) is 0.818. The summed E-state index contributed by atoms with van der Waals surface area (Å²) in [5.74, 6) is 0.353. The number of hydrogen-bond donors (Lipinski definition) is 2. The van der Waals surface area contributed by atoms with Crippen LogP contribution >= 0.6 is 0 Å². The van der Waals surface area contributed by atoms with Gasteiger partial charge in [-0.2, -0.15) is 0 Å². The van der Waals surface area contributed by atoms with E-state index >= 15 is 0 Å². The Balaban J connectivity index is 2.42. The van der Waals surface area contributed by atoms with Gasteiger partial charge in [-0.25, -0.2) is 0 Å². The molecule has 2 atom stereocenters. The van der Waals surface area contributed by atoms with Crippen LogP contribution in [0.25, 0.3) is 0 Å². The first-order valence-electron chi connectivity index (χ1n) is 6.08. The van der Waals surface area contributed by atoms with Crippen LogP contribution in [0.1, 0.15) is 37.3 Å². The second-order valence-electron chi connectivity index (χ2n) is 4.80. The molecule has 0 aliphatic heterocycles. The molecule has 0 fully saturated rings. The molecular weight excluding hydrogens is 212 g/mol. The van der Waals surface area contributed by atoms with Crippen LogP contribution in [-0.2, 0) is 4.79 Å². The fraction of sp³-hybridized carbons (Fsp3) is 0.500. The fourth-order valence-electron chi connectivity index (χ4n) is 1.64. The number of carbonyl (C=O) groups is 1. The van der Waals surface area contributed by atoms with E-state index in [0.29, 0.717) is 18.9 Å². The molecule has 0 spiro atoms. The molecule has 3 N–H and O–H groups in total. The smallest absolute Gasteiger partial charge is 0.221 e. The number of carbonyl (C=O) groups excluding carboxylic acids is 1. The van der Waals surface area contributed by atoms with Crippen LogP contribution in [0, 0.1) is 6.92 Å². The van der Waals surface area contributed by atoms with E-state index < -0.39 is 0 Å². The maximum atomic E-state index is 11.5. The van der Waals surface area contributed by atoms with Crippen molar-refractivity contribution >= 4 is 5.91 Å². The minimum absolute atomic E-state index is 0.0268. The fourth-order valence-corrected chi connectivity index (χ4v) is 1.64. The van der Waals surface area contributed by atoms with Gasteiger partial charge in [-0.3, -0.25) is 4.79 Å². The van der Waals surface area contributed by atoms with Gasteiger partial charge in [0.2, 0.25) is 5.91 Å².